The molecule has 0 amide bonds. The van der Waals surface area contributed by atoms with Crippen molar-refractivity contribution in [1.29, 1.82) is 0 Å². The normalized spacial score (nSPS) is 49.6. The van der Waals surface area contributed by atoms with Crippen LogP contribution in [0.15, 0.2) is 0 Å². The van der Waals surface area contributed by atoms with Crippen LogP contribution in [0.2, 0.25) is 0 Å². The Kier molecular flexibility index (Phi) is 8.93. The summed E-state index contributed by atoms with van der Waals surface area (Å²) < 4.78 is 0. The molecule has 9 rings (SSSR count). The number of hydrogen-bond donors (Lipinski definition) is 0. The predicted octanol–water partition coefficient (Wildman–Crippen LogP) is 10.8. The van der Waals surface area contributed by atoms with Crippen LogP contribution < -0.4 is 0 Å². The van der Waals surface area contributed by atoms with Gasteiger partial charge < -0.3 is 0 Å². The van der Waals surface area contributed by atoms with Crippen molar-refractivity contribution in [1.82, 2.24) is 9.80 Å². The molecule has 2 nitrogen and oxygen atoms in total. The van der Waals surface area contributed by atoms with E-state index in [1.807, 2.05) is 0 Å². The third-order valence-electron chi connectivity index (χ3n) is 17.1. The highest BCUT2D eigenvalue weighted by atomic mass is 15.3. The minimum atomic E-state index is 0.963. The van der Waals surface area contributed by atoms with E-state index in [4.69, 9.17) is 0 Å². The van der Waals surface area contributed by atoms with Gasteiger partial charge in [0, 0.05) is 36.3 Å². The molecule has 0 aromatic carbocycles. The minimum Gasteiger partial charge on any atom is -0.294 e. The lowest BCUT2D eigenvalue weighted by atomic mass is 9.61. The van der Waals surface area contributed by atoms with Gasteiger partial charge in [-0.2, -0.15) is 0 Å². The van der Waals surface area contributed by atoms with Gasteiger partial charge in [0.05, 0.1) is 0 Å². The van der Waals surface area contributed by atoms with E-state index in [2.05, 4.69) is 9.80 Å². The molecule has 0 aromatic rings. The van der Waals surface area contributed by atoms with Crippen LogP contribution in [0.4, 0.5) is 0 Å². The van der Waals surface area contributed by atoms with Crippen molar-refractivity contribution in [3.8, 4) is 0 Å². The van der Waals surface area contributed by atoms with E-state index in [0.717, 1.165) is 83.6 Å². The monoisotopic (exact) mass is 603 g/mol. The molecule has 9 fully saturated rings. The zero-order valence-corrected chi connectivity index (χ0v) is 28.8. The number of hydrogen-bond acceptors (Lipinski definition) is 2. The van der Waals surface area contributed by atoms with Crippen LogP contribution in [0.1, 0.15) is 180 Å². The van der Waals surface area contributed by atoms with Crippen molar-refractivity contribution in [2.75, 3.05) is 0 Å². The van der Waals surface area contributed by atoms with Gasteiger partial charge in [0.15, 0.2) is 0 Å². The fourth-order valence-electron chi connectivity index (χ4n) is 15.4. The van der Waals surface area contributed by atoms with E-state index in [0.29, 0.717) is 0 Å². The van der Waals surface area contributed by atoms with Crippen LogP contribution >= 0.6 is 0 Å². The average molecular weight is 603 g/mol. The Morgan fingerprint density at radius 1 is 0.250 bits per heavy atom. The summed E-state index contributed by atoms with van der Waals surface area (Å²) in [5.41, 5.74) is 0. The van der Waals surface area contributed by atoms with Crippen LogP contribution in [-0.2, 0) is 0 Å². The van der Waals surface area contributed by atoms with Gasteiger partial charge in [-0.15, -0.1) is 0 Å². The highest BCUT2D eigenvalue weighted by Gasteiger charge is 2.55. The summed E-state index contributed by atoms with van der Waals surface area (Å²) >= 11 is 0. The van der Waals surface area contributed by atoms with Crippen molar-refractivity contribution in [2.24, 2.45) is 47.3 Å². The summed E-state index contributed by atoms with van der Waals surface area (Å²) in [4.78, 5) is 6.48. The molecule has 248 valence electrons. The molecular formula is C42H70N2. The van der Waals surface area contributed by atoms with Crippen molar-refractivity contribution < 1.29 is 0 Å². The molecule has 44 heavy (non-hydrogen) atoms. The summed E-state index contributed by atoms with van der Waals surface area (Å²) in [6.07, 6.45) is 43.7. The van der Waals surface area contributed by atoms with Crippen molar-refractivity contribution in [3.05, 3.63) is 0 Å². The maximum absolute atomic E-state index is 3.24. The number of rotatable bonds is 4. The van der Waals surface area contributed by atoms with Crippen LogP contribution in [0.25, 0.3) is 0 Å². The molecule has 0 N–H and O–H groups in total. The topological polar surface area (TPSA) is 6.48 Å². The standard InChI is InChI=1S/C42H70N2/c1-3-11-33(12-4-1)43-39-17-9-7-15-35(39)37-27-31(23-25-41(37)43)29-19-21-30(22-20-29)32-24-26-42-38(28-32)36-16-8-10-18-40(36)44(42)34-13-5-2-6-14-34/h29-42H,1-28H2. The Morgan fingerprint density at radius 3 is 1.02 bits per heavy atom. The molecule has 7 aliphatic carbocycles. The third kappa shape index (κ3) is 5.41. The molecule has 2 aliphatic heterocycles. The maximum atomic E-state index is 3.24. The van der Waals surface area contributed by atoms with E-state index in [1.54, 1.807) is 103 Å². The zero-order valence-electron chi connectivity index (χ0n) is 28.8. The molecule has 7 saturated carbocycles. The zero-order chi connectivity index (χ0) is 29.0. The molecule has 0 aromatic heterocycles. The SMILES string of the molecule is C1CCC(N2C3CCCCC3C3CC(C4CCC(C5CCC6C(C5)C5CCCCC5N6C5CCCCC5)CC4)CCC32)CC1. The first-order valence-electron chi connectivity index (χ1n) is 21.4. The minimum absolute atomic E-state index is 0.963. The molecule has 2 saturated heterocycles. The highest BCUT2D eigenvalue weighted by Crippen LogP contribution is 2.57. The molecule has 10 unspecified atom stereocenters. The Hall–Kier alpha value is -0.0800. The molecule has 0 spiro atoms. The first-order chi connectivity index (χ1) is 21.8. The van der Waals surface area contributed by atoms with Crippen LogP contribution in [0, 0.1) is 47.3 Å². The van der Waals surface area contributed by atoms with E-state index >= 15 is 0 Å². The molecule has 0 radical (unpaired) electrons. The van der Waals surface area contributed by atoms with E-state index in [1.165, 1.54) is 77.0 Å². The largest absolute Gasteiger partial charge is 0.294 e. The average Bonchev–Trinajstić information content (AvgIpc) is 3.61. The third-order valence-corrected chi connectivity index (χ3v) is 17.1. The summed E-state index contributed by atoms with van der Waals surface area (Å²) in [6.45, 7) is 0. The fourth-order valence-corrected chi connectivity index (χ4v) is 15.4. The summed E-state index contributed by atoms with van der Waals surface area (Å²) in [5, 5.41) is 0. The number of nitrogens with zero attached hydrogens (tertiary/aromatic N) is 2. The molecule has 2 heterocycles. The molecule has 9 aliphatic rings. The fraction of sp³-hybridized carbons (Fsp3) is 1.00. The van der Waals surface area contributed by atoms with Crippen LogP contribution in [-0.4, -0.2) is 46.1 Å². The maximum Gasteiger partial charge on any atom is 0.0133 e. The second-order valence-electron chi connectivity index (χ2n) is 18.8. The Labute approximate surface area is 272 Å². The van der Waals surface area contributed by atoms with Gasteiger partial charge in [-0.05, 0) is 163 Å². The first kappa shape index (κ1) is 30.0. The Morgan fingerprint density at radius 2 is 0.591 bits per heavy atom. The highest BCUT2D eigenvalue weighted by molar-refractivity contribution is 5.08. The lowest BCUT2D eigenvalue weighted by Gasteiger charge is -2.46. The van der Waals surface area contributed by atoms with E-state index in [-0.39, 0.29) is 0 Å². The van der Waals surface area contributed by atoms with Gasteiger partial charge in [0.2, 0.25) is 0 Å². The quantitative estimate of drug-likeness (QED) is 0.316. The number of fused-ring (bicyclic) bond motifs is 6. The first-order valence-corrected chi connectivity index (χ1v) is 21.4. The molecule has 2 heteroatoms. The Bertz CT molecular complexity index is 865. The second kappa shape index (κ2) is 13.1. The van der Waals surface area contributed by atoms with Crippen LogP contribution in [0.3, 0.4) is 0 Å². The molecule has 10 atom stereocenters. The van der Waals surface area contributed by atoms with Gasteiger partial charge in [-0.1, -0.05) is 64.2 Å². The van der Waals surface area contributed by atoms with Gasteiger partial charge in [0.1, 0.15) is 0 Å². The molecule has 0 bridgehead atoms. The number of likely N-dealkylation sites (tertiary alicyclic amines) is 2. The van der Waals surface area contributed by atoms with Crippen LogP contribution in [0.5, 0.6) is 0 Å². The predicted molar refractivity (Wildman–Crippen MR) is 184 cm³/mol. The van der Waals surface area contributed by atoms with Crippen molar-refractivity contribution in [3.63, 3.8) is 0 Å². The lowest BCUT2D eigenvalue weighted by molar-refractivity contribution is 0.0355. The van der Waals surface area contributed by atoms with Gasteiger partial charge in [-0.3, -0.25) is 9.80 Å². The second-order valence-corrected chi connectivity index (χ2v) is 18.8. The molecular weight excluding hydrogens is 532 g/mol. The Balaban J connectivity index is 0.821. The van der Waals surface area contributed by atoms with Gasteiger partial charge >= 0.3 is 0 Å². The van der Waals surface area contributed by atoms with Gasteiger partial charge in [0.25, 0.3) is 0 Å². The lowest BCUT2D eigenvalue weighted by Crippen LogP contribution is -2.48. The summed E-state index contributed by atoms with van der Waals surface area (Å²) in [7, 11) is 0. The van der Waals surface area contributed by atoms with E-state index in [9.17, 15) is 0 Å². The smallest absolute Gasteiger partial charge is 0.0133 e. The summed E-state index contributed by atoms with van der Waals surface area (Å²) in [5.74, 6) is 8.66. The van der Waals surface area contributed by atoms with Crippen molar-refractivity contribution in [2.45, 2.75) is 216 Å². The van der Waals surface area contributed by atoms with Gasteiger partial charge in [-0.25, -0.2) is 0 Å². The van der Waals surface area contributed by atoms with Crippen molar-refractivity contribution >= 4 is 0 Å². The van der Waals surface area contributed by atoms with E-state index < -0.39 is 0 Å². The summed E-state index contributed by atoms with van der Waals surface area (Å²) in [6, 6.07) is 5.86.